The fourth-order valence-electron chi connectivity index (χ4n) is 2.30. The van der Waals surface area contributed by atoms with Crippen LogP contribution in [0, 0.1) is 10.1 Å². The van der Waals surface area contributed by atoms with Crippen LogP contribution >= 0.6 is 0 Å². The molecule has 0 aliphatic rings. The number of hydrogen-bond acceptors (Lipinski definition) is 5. The second-order valence-electron chi connectivity index (χ2n) is 4.99. The van der Waals surface area contributed by atoms with Gasteiger partial charge >= 0.3 is 0 Å². The van der Waals surface area contributed by atoms with Crippen molar-refractivity contribution in [3.63, 3.8) is 0 Å². The molecule has 0 bridgehead atoms. The molecule has 0 amide bonds. The minimum absolute atomic E-state index is 0.137. The van der Waals surface area contributed by atoms with Crippen LogP contribution < -0.4 is 10.6 Å². The Balaban J connectivity index is 2.78. The number of anilines is 1. The number of likely N-dealkylation sites (N-methyl/N-ethyl adjacent to an activating group) is 1. The highest BCUT2D eigenvalue weighted by Crippen LogP contribution is 2.25. The van der Waals surface area contributed by atoms with Gasteiger partial charge in [0.25, 0.3) is 5.69 Å². The number of benzene rings is 1. The standard InChI is InChI=1S/C15H26N4O2/c1-4-9-18(10-8-17-5-2)12-13-6-7-14(16-3)15(11-13)19(20)21/h6-7,11,16-17H,4-5,8-10,12H2,1-3H3. The van der Waals surface area contributed by atoms with E-state index < -0.39 is 0 Å². The van der Waals surface area contributed by atoms with Gasteiger partial charge in [-0.25, -0.2) is 0 Å². The summed E-state index contributed by atoms with van der Waals surface area (Å²) in [5, 5.41) is 17.3. The minimum atomic E-state index is -0.335. The molecule has 6 nitrogen and oxygen atoms in total. The summed E-state index contributed by atoms with van der Waals surface area (Å²) < 4.78 is 0. The second-order valence-corrected chi connectivity index (χ2v) is 4.99. The summed E-state index contributed by atoms with van der Waals surface area (Å²) in [6.07, 6.45) is 1.07. The van der Waals surface area contributed by atoms with E-state index in [9.17, 15) is 10.1 Å². The third-order valence-corrected chi connectivity index (χ3v) is 3.33. The number of rotatable bonds is 10. The number of nitro groups is 1. The molecule has 1 aromatic carbocycles. The Labute approximate surface area is 126 Å². The summed E-state index contributed by atoms with van der Waals surface area (Å²) in [5.41, 5.74) is 1.67. The molecule has 1 rings (SSSR count). The second kappa shape index (κ2) is 9.31. The van der Waals surface area contributed by atoms with E-state index in [2.05, 4.69) is 29.4 Å². The largest absolute Gasteiger partial charge is 0.383 e. The molecule has 0 aliphatic heterocycles. The molecule has 118 valence electrons. The van der Waals surface area contributed by atoms with Gasteiger partial charge in [0.2, 0.25) is 0 Å². The van der Waals surface area contributed by atoms with Gasteiger partial charge in [-0.1, -0.05) is 19.9 Å². The molecular formula is C15H26N4O2. The van der Waals surface area contributed by atoms with Crippen molar-refractivity contribution in [2.75, 3.05) is 38.5 Å². The molecule has 0 spiro atoms. The summed E-state index contributed by atoms with van der Waals surface area (Å²) in [4.78, 5) is 13.1. The van der Waals surface area contributed by atoms with Crippen LogP contribution in [0.1, 0.15) is 25.8 Å². The third-order valence-electron chi connectivity index (χ3n) is 3.33. The van der Waals surface area contributed by atoms with Crippen LogP contribution in [0.5, 0.6) is 0 Å². The Hall–Kier alpha value is -1.66. The first-order chi connectivity index (χ1) is 10.1. The summed E-state index contributed by atoms with van der Waals surface area (Å²) in [6, 6.07) is 5.40. The van der Waals surface area contributed by atoms with Crippen molar-refractivity contribution in [2.45, 2.75) is 26.8 Å². The monoisotopic (exact) mass is 294 g/mol. The van der Waals surface area contributed by atoms with Crippen LogP contribution in [0.2, 0.25) is 0 Å². The lowest BCUT2D eigenvalue weighted by atomic mass is 10.1. The topological polar surface area (TPSA) is 70.4 Å². The summed E-state index contributed by atoms with van der Waals surface area (Å²) in [7, 11) is 1.70. The van der Waals surface area contributed by atoms with Gasteiger partial charge in [-0.15, -0.1) is 0 Å². The molecule has 0 saturated carbocycles. The quantitative estimate of drug-likeness (QED) is 0.394. The number of hydrogen-bond donors (Lipinski definition) is 2. The molecule has 0 aliphatic carbocycles. The minimum Gasteiger partial charge on any atom is -0.383 e. The maximum absolute atomic E-state index is 11.1. The zero-order valence-electron chi connectivity index (χ0n) is 13.2. The Morgan fingerprint density at radius 1 is 1.29 bits per heavy atom. The lowest BCUT2D eigenvalue weighted by molar-refractivity contribution is -0.384. The highest BCUT2D eigenvalue weighted by molar-refractivity contribution is 5.62. The molecule has 1 aromatic rings. The maximum atomic E-state index is 11.1. The van der Waals surface area contributed by atoms with Crippen molar-refractivity contribution < 1.29 is 4.92 Å². The van der Waals surface area contributed by atoms with Gasteiger partial charge in [-0.2, -0.15) is 0 Å². The van der Waals surface area contributed by atoms with Crippen molar-refractivity contribution in [1.29, 1.82) is 0 Å². The smallest absolute Gasteiger partial charge is 0.292 e. The van der Waals surface area contributed by atoms with E-state index in [4.69, 9.17) is 0 Å². The first kappa shape index (κ1) is 17.4. The van der Waals surface area contributed by atoms with Crippen molar-refractivity contribution >= 4 is 11.4 Å². The van der Waals surface area contributed by atoms with E-state index in [-0.39, 0.29) is 10.6 Å². The SMILES string of the molecule is CCCN(CCNCC)Cc1ccc(NC)c([N+](=O)[O-])c1. The van der Waals surface area contributed by atoms with Gasteiger partial charge in [0, 0.05) is 32.7 Å². The highest BCUT2D eigenvalue weighted by atomic mass is 16.6. The Kier molecular flexibility index (Phi) is 7.71. The molecule has 0 heterocycles. The van der Waals surface area contributed by atoms with Crippen molar-refractivity contribution in [1.82, 2.24) is 10.2 Å². The summed E-state index contributed by atoms with van der Waals surface area (Å²) in [6.45, 7) is 8.81. The molecule has 0 saturated heterocycles. The predicted octanol–water partition coefficient (Wildman–Crippen LogP) is 2.46. The molecule has 0 unspecified atom stereocenters. The van der Waals surface area contributed by atoms with E-state index in [1.807, 2.05) is 6.07 Å². The zero-order chi connectivity index (χ0) is 15.7. The van der Waals surface area contributed by atoms with Gasteiger partial charge in [0.15, 0.2) is 0 Å². The molecule has 0 radical (unpaired) electrons. The van der Waals surface area contributed by atoms with Crippen LogP contribution in [0.25, 0.3) is 0 Å². The number of nitrogens with one attached hydrogen (secondary N) is 2. The van der Waals surface area contributed by atoms with Gasteiger partial charge < -0.3 is 10.6 Å². The van der Waals surface area contributed by atoms with E-state index >= 15 is 0 Å². The van der Waals surface area contributed by atoms with Gasteiger partial charge in [0.05, 0.1) is 4.92 Å². The molecule has 0 fully saturated rings. The lowest BCUT2D eigenvalue weighted by Crippen LogP contribution is -2.32. The summed E-state index contributed by atoms with van der Waals surface area (Å²) >= 11 is 0. The van der Waals surface area contributed by atoms with Crippen LogP contribution in [0.3, 0.4) is 0 Å². The summed E-state index contributed by atoms with van der Waals surface area (Å²) in [5.74, 6) is 0. The van der Waals surface area contributed by atoms with E-state index in [0.717, 1.165) is 44.7 Å². The third kappa shape index (κ3) is 5.69. The van der Waals surface area contributed by atoms with E-state index in [1.54, 1.807) is 19.2 Å². The average molecular weight is 294 g/mol. The normalized spacial score (nSPS) is 10.9. The van der Waals surface area contributed by atoms with Gasteiger partial charge in [-0.05, 0) is 31.1 Å². The molecule has 0 atom stereocenters. The fraction of sp³-hybridized carbons (Fsp3) is 0.600. The van der Waals surface area contributed by atoms with Gasteiger partial charge in [-0.3, -0.25) is 15.0 Å². The zero-order valence-corrected chi connectivity index (χ0v) is 13.2. The van der Waals surface area contributed by atoms with Crippen LogP contribution in [0.15, 0.2) is 18.2 Å². The number of nitrogens with zero attached hydrogens (tertiary/aromatic N) is 2. The molecule has 0 aromatic heterocycles. The lowest BCUT2D eigenvalue weighted by Gasteiger charge is -2.22. The molecule has 6 heteroatoms. The molecule has 21 heavy (non-hydrogen) atoms. The molecule has 2 N–H and O–H groups in total. The Morgan fingerprint density at radius 3 is 2.62 bits per heavy atom. The Morgan fingerprint density at radius 2 is 2.05 bits per heavy atom. The van der Waals surface area contributed by atoms with Crippen LogP contribution in [0.4, 0.5) is 11.4 Å². The van der Waals surface area contributed by atoms with E-state index in [0.29, 0.717) is 5.69 Å². The van der Waals surface area contributed by atoms with Crippen LogP contribution in [-0.4, -0.2) is 43.0 Å². The first-order valence-corrected chi connectivity index (χ1v) is 7.50. The van der Waals surface area contributed by atoms with E-state index in [1.165, 1.54) is 0 Å². The molecular weight excluding hydrogens is 268 g/mol. The van der Waals surface area contributed by atoms with Crippen molar-refractivity contribution in [2.24, 2.45) is 0 Å². The van der Waals surface area contributed by atoms with Crippen LogP contribution in [-0.2, 0) is 6.54 Å². The highest BCUT2D eigenvalue weighted by Gasteiger charge is 2.14. The predicted molar refractivity (Wildman–Crippen MR) is 86.8 cm³/mol. The number of nitro benzene ring substituents is 1. The first-order valence-electron chi connectivity index (χ1n) is 7.50. The van der Waals surface area contributed by atoms with Gasteiger partial charge in [0.1, 0.15) is 5.69 Å². The van der Waals surface area contributed by atoms with Crippen molar-refractivity contribution in [3.05, 3.63) is 33.9 Å². The Bertz CT molecular complexity index is 451. The van der Waals surface area contributed by atoms with Crippen molar-refractivity contribution in [3.8, 4) is 0 Å². The average Bonchev–Trinajstić information content (AvgIpc) is 2.47. The maximum Gasteiger partial charge on any atom is 0.292 e. The fourth-order valence-corrected chi connectivity index (χ4v) is 2.30.